The molecule has 0 aliphatic rings. The number of unbranched alkanes of at least 4 members (excludes halogenated alkanes) is 4. The molecule has 0 saturated heterocycles. The lowest BCUT2D eigenvalue weighted by Crippen LogP contribution is -1.98. The van der Waals surface area contributed by atoms with Crippen molar-refractivity contribution >= 4 is 0 Å². The predicted molar refractivity (Wildman–Crippen MR) is 43.5 cm³/mol. The molecule has 11 heavy (non-hydrogen) atoms. The van der Waals surface area contributed by atoms with Gasteiger partial charge in [-0.2, -0.15) is 5.26 Å². The van der Waals surface area contributed by atoms with Crippen LogP contribution in [-0.2, 0) is 5.11 Å². The summed E-state index contributed by atoms with van der Waals surface area (Å²) in [5.74, 6) is 0. The van der Waals surface area contributed by atoms with E-state index in [1.807, 2.05) is 0 Å². The van der Waals surface area contributed by atoms with Crippen molar-refractivity contribution in [2.75, 3.05) is 0 Å². The van der Waals surface area contributed by atoms with E-state index in [9.17, 15) is 5.11 Å². The zero-order valence-electron chi connectivity index (χ0n) is 7.18. The third kappa shape index (κ3) is 7.35. The molecule has 0 heterocycles. The van der Waals surface area contributed by atoms with E-state index in [4.69, 9.17) is 5.26 Å². The summed E-state index contributed by atoms with van der Waals surface area (Å²) in [5.41, 5.74) is 0. The molecule has 0 N–H and O–H groups in total. The summed E-state index contributed by atoms with van der Waals surface area (Å²) < 4.78 is 0. The number of rotatable bonds is 6. The van der Waals surface area contributed by atoms with Gasteiger partial charge in [0.25, 0.3) is 0 Å². The first-order valence-electron chi connectivity index (χ1n) is 4.36. The molecule has 0 amide bonds. The third-order valence-electron chi connectivity index (χ3n) is 1.71. The van der Waals surface area contributed by atoms with Crippen LogP contribution in [0.3, 0.4) is 0 Å². The van der Waals surface area contributed by atoms with Crippen LogP contribution >= 0.6 is 0 Å². The standard InChI is InChI=1S/C9H16NO/c1-2-3-4-5-6-7-9(11)8-10/h9H,2-7H2,1H3. The molecule has 0 aromatic carbocycles. The minimum absolute atomic E-state index is 0.528. The van der Waals surface area contributed by atoms with Gasteiger partial charge in [-0.05, 0) is 12.8 Å². The Morgan fingerprint density at radius 1 is 1.27 bits per heavy atom. The molecule has 0 spiro atoms. The summed E-state index contributed by atoms with van der Waals surface area (Å²) in [6.45, 7) is 2.16. The van der Waals surface area contributed by atoms with Crippen molar-refractivity contribution in [2.24, 2.45) is 0 Å². The van der Waals surface area contributed by atoms with Crippen molar-refractivity contribution in [1.82, 2.24) is 0 Å². The molecule has 0 aromatic rings. The fourth-order valence-corrected chi connectivity index (χ4v) is 0.998. The summed E-state index contributed by atoms with van der Waals surface area (Å²) in [7, 11) is 0. The predicted octanol–water partition coefficient (Wildman–Crippen LogP) is 2.67. The van der Waals surface area contributed by atoms with Crippen LogP contribution in [-0.4, -0.2) is 6.10 Å². The molecule has 0 saturated carbocycles. The van der Waals surface area contributed by atoms with Crippen LogP contribution in [0.4, 0.5) is 0 Å². The molecule has 1 unspecified atom stereocenters. The molecule has 0 rings (SSSR count). The topological polar surface area (TPSA) is 43.7 Å². The second-order valence-corrected chi connectivity index (χ2v) is 2.82. The van der Waals surface area contributed by atoms with Crippen LogP contribution < -0.4 is 0 Å². The Bertz CT molecular complexity index is 117. The number of hydrogen-bond donors (Lipinski definition) is 0. The van der Waals surface area contributed by atoms with Crippen LogP contribution in [0, 0.1) is 11.3 Å². The highest BCUT2D eigenvalue weighted by Gasteiger charge is 2.01. The molecular weight excluding hydrogens is 138 g/mol. The van der Waals surface area contributed by atoms with Crippen LogP contribution in [0.1, 0.15) is 45.4 Å². The normalized spacial score (nSPS) is 12.5. The van der Waals surface area contributed by atoms with Gasteiger partial charge in [-0.25, -0.2) is 5.11 Å². The van der Waals surface area contributed by atoms with Crippen molar-refractivity contribution < 1.29 is 5.11 Å². The Morgan fingerprint density at radius 2 is 1.91 bits per heavy atom. The van der Waals surface area contributed by atoms with Crippen molar-refractivity contribution in [3.63, 3.8) is 0 Å². The Morgan fingerprint density at radius 3 is 2.45 bits per heavy atom. The summed E-state index contributed by atoms with van der Waals surface area (Å²) in [6.07, 6.45) is 5.23. The second kappa shape index (κ2) is 7.56. The summed E-state index contributed by atoms with van der Waals surface area (Å²) in [4.78, 5) is 0. The van der Waals surface area contributed by atoms with E-state index in [1.54, 1.807) is 6.07 Å². The van der Waals surface area contributed by atoms with Crippen molar-refractivity contribution in [1.29, 1.82) is 5.26 Å². The van der Waals surface area contributed by atoms with Gasteiger partial charge < -0.3 is 0 Å². The van der Waals surface area contributed by atoms with E-state index in [0.717, 1.165) is 12.8 Å². The average molecular weight is 154 g/mol. The molecule has 63 valence electrons. The first-order chi connectivity index (χ1) is 5.31. The largest absolute Gasteiger partial charge is 0.217 e. The molecule has 2 heteroatoms. The lowest BCUT2D eigenvalue weighted by atomic mass is 10.1. The van der Waals surface area contributed by atoms with Gasteiger partial charge in [0.15, 0.2) is 6.10 Å². The van der Waals surface area contributed by atoms with Crippen LogP contribution in [0.25, 0.3) is 0 Å². The van der Waals surface area contributed by atoms with E-state index < -0.39 is 6.10 Å². The fourth-order valence-electron chi connectivity index (χ4n) is 0.998. The monoisotopic (exact) mass is 154 g/mol. The first kappa shape index (κ1) is 10.4. The summed E-state index contributed by atoms with van der Waals surface area (Å²) in [6, 6.07) is 1.70. The number of nitriles is 1. The Labute approximate surface area is 68.8 Å². The first-order valence-corrected chi connectivity index (χ1v) is 4.36. The van der Waals surface area contributed by atoms with E-state index in [2.05, 4.69) is 6.92 Å². The molecule has 0 bridgehead atoms. The van der Waals surface area contributed by atoms with Gasteiger partial charge >= 0.3 is 0 Å². The highest BCUT2D eigenvalue weighted by Crippen LogP contribution is 2.06. The molecule has 1 radical (unpaired) electrons. The number of nitrogens with zero attached hydrogens (tertiary/aromatic N) is 1. The quantitative estimate of drug-likeness (QED) is 0.542. The van der Waals surface area contributed by atoms with Crippen molar-refractivity contribution in [3.05, 3.63) is 0 Å². The van der Waals surface area contributed by atoms with Crippen LogP contribution in [0.2, 0.25) is 0 Å². The zero-order chi connectivity index (χ0) is 8.53. The highest BCUT2D eigenvalue weighted by atomic mass is 16.3. The Kier molecular flexibility index (Phi) is 7.18. The lowest BCUT2D eigenvalue weighted by molar-refractivity contribution is 0.125. The van der Waals surface area contributed by atoms with Gasteiger partial charge in [-0.3, -0.25) is 0 Å². The minimum atomic E-state index is -0.989. The summed E-state index contributed by atoms with van der Waals surface area (Å²) >= 11 is 0. The SMILES string of the molecule is CCCCCCCC([O])C#N. The molecule has 2 nitrogen and oxygen atoms in total. The Hall–Kier alpha value is -0.550. The maximum atomic E-state index is 10.6. The summed E-state index contributed by atoms with van der Waals surface area (Å²) in [5, 5.41) is 18.7. The Balaban J connectivity index is 2.97. The zero-order valence-corrected chi connectivity index (χ0v) is 7.18. The molecule has 1 atom stereocenters. The maximum absolute atomic E-state index is 10.6. The van der Waals surface area contributed by atoms with Crippen LogP contribution in [0.15, 0.2) is 0 Å². The fraction of sp³-hybridized carbons (Fsp3) is 0.889. The second-order valence-electron chi connectivity index (χ2n) is 2.82. The smallest absolute Gasteiger partial charge is 0.179 e. The van der Waals surface area contributed by atoms with E-state index in [-0.39, 0.29) is 0 Å². The van der Waals surface area contributed by atoms with Crippen LogP contribution in [0.5, 0.6) is 0 Å². The van der Waals surface area contributed by atoms with Gasteiger partial charge in [0.1, 0.15) is 0 Å². The molecular formula is C9H16NO. The lowest BCUT2D eigenvalue weighted by Gasteiger charge is -1.98. The van der Waals surface area contributed by atoms with Gasteiger partial charge in [0.05, 0.1) is 6.07 Å². The van der Waals surface area contributed by atoms with Gasteiger partial charge in [-0.1, -0.05) is 32.6 Å². The van der Waals surface area contributed by atoms with Gasteiger partial charge in [0.2, 0.25) is 0 Å². The van der Waals surface area contributed by atoms with E-state index in [1.165, 1.54) is 19.3 Å². The third-order valence-corrected chi connectivity index (χ3v) is 1.71. The van der Waals surface area contributed by atoms with Gasteiger partial charge in [0, 0.05) is 0 Å². The van der Waals surface area contributed by atoms with Gasteiger partial charge in [-0.15, -0.1) is 0 Å². The average Bonchev–Trinajstić information content (AvgIpc) is 2.04. The molecule has 0 aliphatic heterocycles. The number of hydrogen-bond acceptors (Lipinski definition) is 1. The molecule has 0 aliphatic carbocycles. The minimum Gasteiger partial charge on any atom is -0.217 e. The highest BCUT2D eigenvalue weighted by molar-refractivity contribution is 4.80. The molecule has 0 aromatic heterocycles. The van der Waals surface area contributed by atoms with Crippen molar-refractivity contribution in [3.8, 4) is 6.07 Å². The maximum Gasteiger partial charge on any atom is 0.179 e. The van der Waals surface area contributed by atoms with E-state index in [0.29, 0.717) is 6.42 Å². The van der Waals surface area contributed by atoms with E-state index >= 15 is 0 Å². The van der Waals surface area contributed by atoms with Crippen molar-refractivity contribution in [2.45, 2.75) is 51.6 Å². The molecule has 0 fully saturated rings.